The minimum atomic E-state index is -2.97. The van der Waals surface area contributed by atoms with Gasteiger partial charge >= 0.3 is 88.7 Å². The van der Waals surface area contributed by atoms with Crippen molar-refractivity contribution in [3.8, 4) is 0 Å². The summed E-state index contributed by atoms with van der Waals surface area (Å²) in [6.45, 7) is 0. The van der Waals surface area contributed by atoms with Gasteiger partial charge in [-0.15, -0.1) is 0 Å². The molecule has 11 nitrogen and oxygen atoms in total. The van der Waals surface area contributed by atoms with Crippen LogP contribution >= 0.6 is 0 Å². The first kappa shape index (κ1) is 49.6. The molecule has 0 aromatic carbocycles. The van der Waals surface area contributed by atoms with Crippen LogP contribution in [0.1, 0.15) is 12.8 Å². The first-order chi connectivity index (χ1) is 5.78. The molecule has 0 unspecified atom stereocenters. The van der Waals surface area contributed by atoms with Crippen LogP contribution in [0.4, 0.5) is 0 Å². The maximum absolute atomic E-state index is 10.1. The van der Waals surface area contributed by atoms with Gasteiger partial charge in [0.2, 0.25) is 0 Å². The molecule has 106 valence electrons. The zero-order chi connectivity index (χ0) is 10.6. The number of hydrogen-bond acceptors (Lipinski definition) is 7. The van der Waals surface area contributed by atoms with Crippen LogP contribution in [0.3, 0.4) is 0 Å². The number of rotatable bonds is 5. The van der Waals surface area contributed by atoms with E-state index < -0.39 is 36.4 Å². The van der Waals surface area contributed by atoms with E-state index in [1.807, 2.05) is 0 Å². The number of hydrogen-bond donors (Lipinski definition) is 1. The molecule has 0 bridgehead atoms. The second-order valence-electron chi connectivity index (χ2n) is 2.42. The van der Waals surface area contributed by atoms with Crippen LogP contribution in [0.5, 0.6) is 0 Å². The minimum absolute atomic E-state index is 0. The molecule has 0 saturated heterocycles. The average molecular weight is 330 g/mol. The van der Waals surface area contributed by atoms with Crippen molar-refractivity contribution < 1.29 is 145 Å². The topological polar surface area (TPSA) is 267 Å². The first-order valence-electron chi connectivity index (χ1n) is 3.11. The third-order valence-electron chi connectivity index (χ3n) is 1.25. The molecule has 0 heterocycles. The summed E-state index contributed by atoms with van der Waals surface area (Å²) in [7, 11) is 0. The van der Waals surface area contributed by atoms with Crippen LogP contribution in [0, 0.1) is 0 Å². The summed E-state index contributed by atoms with van der Waals surface area (Å²) < 4.78 is 0. The zero-order valence-electron chi connectivity index (χ0n) is 11.3. The third kappa shape index (κ3) is 21.5. The molecule has 0 aliphatic rings. The van der Waals surface area contributed by atoms with Gasteiger partial charge in [-0.3, -0.25) is 0 Å². The van der Waals surface area contributed by atoms with Crippen LogP contribution in [-0.2, 0) is 14.4 Å². The van der Waals surface area contributed by atoms with Crippen LogP contribution in [-0.4, -0.2) is 50.5 Å². The summed E-state index contributed by atoms with van der Waals surface area (Å²) in [6.07, 6.45) is -2.72. The van der Waals surface area contributed by atoms with Crippen LogP contribution in [0.15, 0.2) is 0 Å². The van der Waals surface area contributed by atoms with E-state index in [-0.39, 0.29) is 111 Å². The number of carboxylic acids is 3. The van der Waals surface area contributed by atoms with Gasteiger partial charge in [0.1, 0.15) is 5.60 Å². The van der Waals surface area contributed by atoms with E-state index in [0.717, 1.165) is 0 Å². The molecule has 0 saturated carbocycles. The molecule has 0 rings (SSSR count). The Hall–Kier alpha value is 1.21. The number of carboxylic acid groups (broad SMARTS) is 3. The molecule has 0 spiro atoms. The monoisotopic (exact) mass is 330 g/mol. The maximum Gasteiger partial charge on any atom is 1.00 e. The van der Waals surface area contributed by atoms with Gasteiger partial charge in [0, 0.05) is 24.8 Å². The van der Waals surface area contributed by atoms with Crippen molar-refractivity contribution in [2.75, 3.05) is 0 Å². The summed E-state index contributed by atoms with van der Waals surface area (Å²) in [5.74, 6) is -5.98. The molecule has 0 atom stereocenters. The quantitative estimate of drug-likeness (QED) is 0.474. The standard InChI is InChI=1S/C6H8O7.3Na.4H2O/c7-3(8)1-6(13,5(11)12)2-4(9)10;;;;;;;/h13H,1-2H2,(H,7,8)(H,9,10)(H,11,12);;;;4*1H2/q;3*+1;;;;/p-3. The van der Waals surface area contributed by atoms with E-state index in [1.54, 1.807) is 0 Å². The van der Waals surface area contributed by atoms with Gasteiger partial charge in [0.15, 0.2) is 0 Å². The van der Waals surface area contributed by atoms with E-state index in [4.69, 9.17) is 5.11 Å². The van der Waals surface area contributed by atoms with Crippen molar-refractivity contribution in [1.29, 1.82) is 0 Å². The van der Waals surface area contributed by atoms with Crippen molar-refractivity contribution in [3.63, 3.8) is 0 Å². The Balaban J connectivity index is -0.0000000343. The average Bonchev–Trinajstić information content (AvgIpc) is 1.82. The summed E-state index contributed by atoms with van der Waals surface area (Å²) >= 11 is 0. The Labute approximate surface area is 179 Å². The van der Waals surface area contributed by atoms with E-state index >= 15 is 0 Å². The molecule has 0 fully saturated rings. The Bertz CT molecular complexity index is 243. The molecule has 0 aliphatic carbocycles. The number of carbonyl (C=O) groups excluding carboxylic acids is 3. The molecular formula is C6H13Na3O11. The van der Waals surface area contributed by atoms with Crippen molar-refractivity contribution in [2.24, 2.45) is 0 Å². The van der Waals surface area contributed by atoms with E-state index in [9.17, 15) is 29.7 Å². The van der Waals surface area contributed by atoms with Crippen molar-refractivity contribution in [2.45, 2.75) is 18.4 Å². The Morgan fingerprint density at radius 1 is 0.750 bits per heavy atom. The molecule has 0 amide bonds. The van der Waals surface area contributed by atoms with Gasteiger partial charge in [-0.25, -0.2) is 0 Å². The van der Waals surface area contributed by atoms with E-state index in [2.05, 4.69) is 0 Å². The van der Waals surface area contributed by atoms with Crippen molar-refractivity contribution >= 4 is 17.9 Å². The molecule has 0 aliphatic heterocycles. The smallest absolute Gasteiger partial charge is 0.550 e. The molecule has 9 N–H and O–H groups in total. The van der Waals surface area contributed by atoms with Gasteiger partial charge < -0.3 is 56.7 Å². The molecule has 0 radical (unpaired) electrons. The van der Waals surface area contributed by atoms with Gasteiger partial charge in [-0.2, -0.15) is 0 Å². The molecule has 0 aromatic rings. The molecular weight excluding hydrogens is 317 g/mol. The fourth-order valence-corrected chi connectivity index (χ4v) is 0.684. The van der Waals surface area contributed by atoms with Crippen LogP contribution in [0.25, 0.3) is 0 Å². The third-order valence-corrected chi connectivity index (χ3v) is 1.25. The van der Waals surface area contributed by atoms with Crippen LogP contribution in [0.2, 0.25) is 0 Å². The Morgan fingerprint density at radius 3 is 1.05 bits per heavy atom. The summed E-state index contributed by atoms with van der Waals surface area (Å²) in [5, 5.41) is 38.9. The van der Waals surface area contributed by atoms with Gasteiger partial charge in [-0.05, 0) is 0 Å². The summed E-state index contributed by atoms with van der Waals surface area (Å²) in [5.41, 5.74) is -2.97. The Kier molecular flexibility index (Phi) is 55.8. The maximum atomic E-state index is 10.1. The fourth-order valence-electron chi connectivity index (χ4n) is 0.684. The predicted octanol–water partition coefficient (Wildman–Crippen LogP) is -17.5. The Morgan fingerprint density at radius 2 is 0.950 bits per heavy atom. The number of carbonyl (C=O) groups is 3. The largest absolute Gasteiger partial charge is 1.00 e. The van der Waals surface area contributed by atoms with Crippen molar-refractivity contribution in [1.82, 2.24) is 0 Å². The van der Waals surface area contributed by atoms with Crippen molar-refractivity contribution in [3.05, 3.63) is 0 Å². The minimum Gasteiger partial charge on any atom is -0.550 e. The van der Waals surface area contributed by atoms with Gasteiger partial charge in [0.05, 0.1) is 5.97 Å². The second kappa shape index (κ2) is 22.5. The van der Waals surface area contributed by atoms with E-state index in [0.29, 0.717) is 0 Å². The summed E-state index contributed by atoms with van der Waals surface area (Å²) in [6, 6.07) is 0. The number of aliphatic hydroxyl groups is 1. The first-order valence-corrected chi connectivity index (χ1v) is 3.11. The molecule has 0 aromatic heterocycles. The van der Waals surface area contributed by atoms with Gasteiger partial charge in [0.25, 0.3) is 0 Å². The number of aliphatic carboxylic acids is 3. The van der Waals surface area contributed by atoms with Crippen LogP contribution < -0.4 is 104 Å². The predicted molar refractivity (Wildman–Crippen MR) is 43.7 cm³/mol. The SMILES string of the molecule is O.O.O.O.O=C([O-])CC(O)(CC(=O)[O-])C(=O)[O-].[Na+].[Na+].[Na+]. The molecule has 14 heteroatoms. The van der Waals surface area contributed by atoms with Gasteiger partial charge in [-0.1, -0.05) is 0 Å². The zero-order valence-corrected chi connectivity index (χ0v) is 17.3. The normalized spacial score (nSPS) is 7.05. The second-order valence-corrected chi connectivity index (χ2v) is 2.42. The summed E-state index contributed by atoms with van der Waals surface area (Å²) in [4.78, 5) is 30.0. The molecule has 20 heavy (non-hydrogen) atoms. The van der Waals surface area contributed by atoms with E-state index in [1.165, 1.54) is 0 Å². The fraction of sp³-hybridized carbons (Fsp3) is 0.500.